The predicted molar refractivity (Wildman–Crippen MR) is 93.5 cm³/mol. The van der Waals surface area contributed by atoms with Gasteiger partial charge in [0.1, 0.15) is 17.5 Å². The Morgan fingerprint density at radius 1 is 1.20 bits per heavy atom. The number of hydrogen-bond donors (Lipinski definition) is 1. The van der Waals surface area contributed by atoms with Crippen molar-refractivity contribution in [2.24, 2.45) is 0 Å². The van der Waals surface area contributed by atoms with Gasteiger partial charge in [0.25, 0.3) is 11.5 Å². The standard InChI is InChI=1S/C17H19N5O3/c1-17(2,3)22-14-13(9-19-22)16(24)21(10-18-14)20-15(23)11-5-7-12(25-4)8-6-11/h5-10H,1-4H3,(H,20,23). The summed E-state index contributed by atoms with van der Waals surface area (Å²) in [4.78, 5) is 29.1. The van der Waals surface area contributed by atoms with E-state index in [1.807, 2.05) is 20.8 Å². The lowest BCUT2D eigenvalue weighted by molar-refractivity contribution is 0.101. The monoisotopic (exact) mass is 341 g/mol. The molecule has 3 rings (SSSR count). The van der Waals surface area contributed by atoms with Gasteiger partial charge in [0.2, 0.25) is 0 Å². The largest absolute Gasteiger partial charge is 0.497 e. The van der Waals surface area contributed by atoms with E-state index in [1.165, 1.54) is 12.5 Å². The summed E-state index contributed by atoms with van der Waals surface area (Å²) in [7, 11) is 1.55. The van der Waals surface area contributed by atoms with Crippen LogP contribution in [-0.2, 0) is 5.54 Å². The van der Waals surface area contributed by atoms with Crippen LogP contribution in [0.3, 0.4) is 0 Å². The Morgan fingerprint density at radius 3 is 2.48 bits per heavy atom. The molecule has 2 aromatic heterocycles. The minimum absolute atomic E-state index is 0.306. The van der Waals surface area contributed by atoms with Crippen molar-refractivity contribution in [1.82, 2.24) is 19.4 Å². The fourth-order valence-corrected chi connectivity index (χ4v) is 2.40. The van der Waals surface area contributed by atoms with Crippen molar-refractivity contribution in [3.8, 4) is 5.75 Å². The van der Waals surface area contributed by atoms with E-state index in [0.717, 1.165) is 4.68 Å². The van der Waals surface area contributed by atoms with Crippen LogP contribution in [0.25, 0.3) is 11.0 Å². The second-order valence-electron chi connectivity index (χ2n) is 6.55. The molecule has 1 aromatic carbocycles. The van der Waals surface area contributed by atoms with Crippen LogP contribution in [0.15, 0.2) is 41.6 Å². The van der Waals surface area contributed by atoms with Crippen molar-refractivity contribution >= 4 is 16.9 Å². The first kappa shape index (κ1) is 16.7. The van der Waals surface area contributed by atoms with Gasteiger partial charge in [-0.25, -0.2) is 14.3 Å². The molecule has 0 aliphatic heterocycles. The Labute approximate surface area is 144 Å². The molecule has 8 heteroatoms. The van der Waals surface area contributed by atoms with Gasteiger partial charge < -0.3 is 4.74 Å². The van der Waals surface area contributed by atoms with Crippen molar-refractivity contribution in [3.05, 3.63) is 52.7 Å². The molecule has 1 amide bonds. The third-order valence-corrected chi connectivity index (χ3v) is 3.70. The first-order chi connectivity index (χ1) is 11.8. The second kappa shape index (κ2) is 6.04. The molecule has 2 heterocycles. The lowest BCUT2D eigenvalue weighted by Crippen LogP contribution is -2.33. The molecule has 0 radical (unpaired) electrons. The maximum absolute atomic E-state index is 12.6. The average molecular weight is 341 g/mol. The van der Waals surface area contributed by atoms with E-state index in [-0.39, 0.29) is 11.1 Å². The first-order valence-corrected chi connectivity index (χ1v) is 7.72. The number of nitrogens with one attached hydrogen (secondary N) is 1. The van der Waals surface area contributed by atoms with E-state index < -0.39 is 5.91 Å². The Balaban J connectivity index is 1.92. The van der Waals surface area contributed by atoms with Gasteiger partial charge in [0.15, 0.2) is 5.65 Å². The van der Waals surface area contributed by atoms with Crippen LogP contribution in [0, 0.1) is 0 Å². The Hall–Kier alpha value is -3.16. The van der Waals surface area contributed by atoms with Crippen molar-refractivity contribution in [2.75, 3.05) is 12.5 Å². The molecule has 0 saturated carbocycles. The first-order valence-electron chi connectivity index (χ1n) is 7.72. The van der Waals surface area contributed by atoms with Gasteiger partial charge in [0, 0.05) is 5.56 Å². The molecule has 0 aliphatic carbocycles. The zero-order chi connectivity index (χ0) is 18.2. The Bertz CT molecular complexity index is 980. The highest BCUT2D eigenvalue weighted by Gasteiger charge is 2.20. The molecule has 0 atom stereocenters. The number of hydrogen-bond acceptors (Lipinski definition) is 5. The third-order valence-electron chi connectivity index (χ3n) is 3.70. The zero-order valence-corrected chi connectivity index (χ0v) is 14.5. The molecule has 0 unspecified atom stereocenters. The highest BCUT2D eigenvalue weighted by molar-refractivity contribution is 6.00. The number of methoxy groups -OCH3 is 1. The fourth-order valence-electron chi connectivity index (χ4n) is 2.40. The van der Waals surface area contributed by atoms with Crippen LogP contribution in [0.2, 0.25) is 0 Å². The normalized spacial score (nSPS) is 11.5. The van der Waals surface area contributed by atoms with Gasteiger partial charge in [-0.1, -0.05) is 0 Å². The fraction of sp³-hybridized carbons (Fsp3) is 0.294. The van der Waals surface area contributed by atoms with Crippen molar-refractivity contribution < 1.29 is 9.53 Å². The summed E-state index contributed by atoms with van der Waals surface area (Å²) in [6.07, 6.45) is 2.75. The number of carbonyl (C=O) groups is 1. The zero-order valence-electron chi connectivity index (χ0n) is 14.5. The summed E-state index contributed by atoms with van der Waals surface area (Å²) < 4.78 is 7.80. The molecule has 1 N–H and O–H groups in total. The van der Waals surface area contributed by atoms with Crippen LogP contribution < -0.4 is 15.7 Å². The summed E-state index contributed by atoms with van der Waals surface area (Å²) in [5.41, 5.74) is 2.72. The van der Waals surface area contributed by atoms with E-state index in [0.29, 0.717) is 22.3 Å². The van der Waals surface area contributed by atoms with Crippen LogP contribution >= 0.6 is 0 Å². The highest BCUT2D eigenvalue weighted by Crippen LogP contribution is 2.17. The molecule has 0 bridgehead atoms. The van der Waals surface area contributed by atoms with Crippen LogP contribution in [0.1, 0.15) is 31.1 Å². The molecule has 8 nitrogen and oxygen atoms in total. The number of amides is 1. The number of fused-ring (bicyclic) bond motifs is 1. The summed E-state index contributed by atoms with van der Waals surface area (Å²) in [5.74, 6) is 0.223. The molecular weight excluding hydrogens is 322 g/mol. The van der Waals surface area contributed by atoms with Crippen LogP contribution in [-0.4, -0.2) is 32.5 Å². The van der Waals surface area contributed by atoms with Crippen molar-refractivity contribution in [2.45, 2.75) is 26.3 Å². The van der Waals surface area contributed by atoms with Gasteiger partial charge in [-0.3, -0.25) is 15.0 Å². The number of ether oxygens (including phenoxy) is 1. The molecule has 0 spiro atoms. The number of rotatable bonds is 3. The van der Waals surface area contributed by atoms with Gasteiger partial charge in [0.05, 0.1) is 18.8 Å². The SMILES string of the molecule is COc1ccc(C(=O)Nn2cnc3c(cnn3C(C)(C)C)c2=O)cc1. The molecule has 25 heavy (non-hydrogen) atoms. The summed E-state index contributed by atoms with van der Waals surface area (Å²) in [5, 5.41) is 4.58. The minimum Gasteiger partial charge on any atom is -0.497 e. The Kier molecular flexibility index (Phi) is 4.03. The van der Waals surface area contributed by atoms with Crippen molar-refractivity contribution in [3.63, 3.8) is 0 Å². The van der Waals surface area contributed by atoms with Gasteiger partial charge in [-0.2, -0.15) is 5.10 Å². The Morgan fingerprint density at radius 2 is 1.88 bits per heavy atom. The molecule has 0 fully saturated rings. The average Bonchev–Trinajstić information content (AvgIpc) is 3.02. The third kappa shape index (κ3) is 3.10. The van der Waals surface area contributed by atoms with E-state index >= 15 is 0 Å². The van der Waals surface area contributed by atoms with Gasteiger partial charge >= 0.3 is 0 Å². The maximum Gasteiger partial charge on any atom is 0.283 e. The van der Waals surface area contributed by atoms with Gasteiger partial charge in [-0.05, 0) is 45.0 Å². The molecule has 0 saturated heterocycles. The molecule has 3 aromatic rings. The van der Waals surface area contributed by atoms with Gasteiger partial charge in [-0.15, -0.1) is 0 Å². The molecule has 130 valence electrons. The molecular formula is C17H19N5O3. The highest BCUT2D eigenvalue weighted by atomic mass is 16.5. The van der Waals surface area contributed by atoms with E-state index in [4.69, 9.17) is 4.74 Å². The maximum atomic E-state index is 12.6. The summed E-state index contributed by atoms with van der Waals surface area (Å²) in [6, 6.07) is 6.57. The van der Waals surface area contributed by atoms with E-state index in [9.17, 15) is 9.59 Å². The number of carbonyl (C=O) groups excluding carboxylic acids is 1. The summed E-state index contributed by atoms with van der Waals surface area (Å²) in [6.45, 7) is 5.91. The lowest BCUT2D eigenvalue weighted by atomic mass is 10.1. The van der Waals surface area contributed by atoms with E-state index in [2.05, 4.69) is 15.5 Å². The number of nitrogens with zero attached hydrogens (tertiary/aromatic N) is 4. The number of aromatic nitrogens is 4. The lowest BCUT2D eigenvalue weighted by Gasteiger charge is -2.19. The van der Waals surface area contributed by atoms with Crippen LogP contribution in [0.4, 0.5) is 0 Å². The quantitative estimate of drug-likeness (QED) is 0.783. The second-order valence-corrected chi connectivity index (χ2v) is 6.55. The molecule has 0 aliphatic rings. The number of benzene rings is 1. The topological polar surface area (TPSA) is 91.0 Å². The van der Waals surface area contributed by atoms with Crippen LogP contribution in [0.5, 0.6) is 5.75 Å². The smallest absolute Gasteiger partial charge is 0.283 e. The van der Waals surface area contributed by atoms with E-state index in [1.54, 1.807) is 36.1 Å². The summed E-state index contributed by atoms with van der Waals surface area (Å²) >= 11 is 0. The minimum atomic E-state index is -0.422. The predicted octanol–water partition coefficient (Wildman–Crippen LogP) is 1.74. The van der Waals surface area contributed by atoms with Crippen molar-refractivity contribution in [1.29, 1.82) is 0 Å².